The normalized spacial score (nSPS) is 22.9. The van der Waals surface area contributed by atoms with Gasteiger partial charge < -0.3 is 15.0 Å². The average Bonchev–Trinajstić information content (AvgIpc) is 2.70. The number of ether oxygens (including phenoxy) is 1. The van der Waals surface area contributed by atoms with Gasteiger partial charge in [0, 0.05) is 36.7 Å². The van der Waals surface area contributed by atoms with Crippen molar-refractivity contribution in [1.29, 1.82) is 0 Å². The summed E-state index contributed by atoms with van der Waals surface area (Å²) in [5, 5.41) is 2.88. The standard InChI is InChI=1S/C24H31FN2O4/c1-15-9-18(10-21(25)23(15)20-8-7-19(28)11-22(20)29)27-12-17(13-27)26-24(30)31-14-16-5-3-2-4-6-16/h9-10,16-17,20H,2-8,11-14H2,1H3,(H,26,30). The van der Waals surface area contributed by atoms with Crippen LogP contribution in [0.5, 0.6) is 0 Å². The van der Waals surface area contributed by atoms with Crippen molar-refractivity contribution in [3.05, 3.63) is 29.1 Å². The van der Waals surface area contributed by atoms with E-state index in [1.807, 2.05) is 17.9 Å². The maximum Gasteiger partial charge on any atom is 0.407 e. The third kappa shape index (κ3) is 5.08. The predicted octanol–water partition coefficient (Wildman–Crippen LogP) is 4.03. The zero-order valence-electron chi connectivity index (χ0n) is 18.1. The number of hydrogen-bond donors (Lipinski definition) is 1. The van der Waals surface area contributed by atoms with E-state index in [0.29, 0.717) is 44.0 Å². The fourth-order valence-corrected chi connectivity index (χ4v) is 5.07. The lowest BCUT2D eigenvalue weighted by molar-refractivity contribution is -0.130. The van der Waals surface area contributed by atoms with Crippen molar-refractivity contribution >= 4 is 23.3 Å². The summed E-state index contributed by atoms with van der Waals surface area (Å²) < 4.78 is 20.3. The molecule has 3 fully saturated rings. The molecular weight excluding hydrogens is 399 g/mol. The Morgan fingerprint density at radius 2 is 1.90 bits per heavy atom. The summed E-state index contributed by atoms with van der Waals surface area (Å²) in [4.78, 5) is 37.8. The second-order valence-corrected chi connectivity index (χ2v) is 9.28. The van der Waals surface area contributed by atoms with Crippen LogP contribution in [0.4, 0.5) is 14.9 Å². The molecular formula is C24H31FN2O4. The van der Waals surface area contributed by atoms with Gasteiger partial charge in [-0.25, -0.2) is 9.18 Å². The second-order valence-electron chi connectivity index (χ2n) is 9.28. The van der Waals surface area contributed by atoms with E-state index in [9.17, 15) is 18.8 Å². The molecule has 7 heteroatoms. The van der Waals surface area contributed by atoms with Crippen molar-refractivity contribution < 1.29 is 23.5 Å². The Kier molecular flexibility index (Phi) is 6.58. The van der Waals surface area contributed by atoms with Crippen LogP contribution in [-0.2, 0) is 14.3 Å². The van der Waals surface area contributed by atoms with Gasteiger partial charge in [-0.2, -0.15) is 0 Å². The molecule has 1 amide bonds. The monoisotopic (exact) mass is 430 g/mol. The quantitative estimate of drug-likeness (QED) is 0.714. The number of alkyl carbamates (subject to hydrolysis) is 1. The van der Waals surface area contributed by atoms with Gasteiger partial charge in [0.25, 0.3) is 0 Å². The SMILES string of the molecule is Cc1cc(N2CC(NC(=O)OCC3CCCCC3)C2)cc(F)c1C1CCC(=O)CC1=O. The molecule has 1 atom stereocenters. The zero-order valence-corrected chi connectivity index (χ0v) is 18.1. The Morgan fingerprint density at radius 1 is 1.16 bits per heavy atom. The van der Waals surface area contributed by atoms with Crippen LogP contribution < -0.4 is 10.2 Å². The Hall–Kier alpha value is -2.44. The molecule has 2 aliphatic carbocycles. The molecule has 1 aromatic rings. The van der Waals surface area contributed by atoms with Gasteiger partial charge in [-0.3, -0.25) is 9.59 Å². The van der Waals surface area contributed by atoms with E-state index < -0.39 is 11.7 Å². The number of nitrogens with zero attached hydrogens (tertiary/aromatic N) is 1. The molecule has 168 valence electrons. The van der Waals surface area contributed by atoms with Gasteiger partial charge in [-0.05, 0) is 49.8 Å². The first kappa shape index (κ1) is 21.8. The van der Waals surface area contributed by atoms with E-state index in [2.05, 4.69) is 5.32 Å². The van der Waals surface area contributed by atoms with Gasteiger partial charge in [0.05, 0.1) is 19.1 Å². The van der Waals surface area contributed by atoms with Gasteiger partial charge in [0.1, 0.15) is 17.4 Å². The van der Waals surface area contributed by atoms with Crippen LogP contribution in [0, 0.1) is 18.7 Å². The van der Waals surface area contributed by atoms with Crippen LogP contribution in [0.2, 0.25) is 0 Å². The highest BCUT2D eigenvalue weighted by molar-refractivity contribution is 6.04. The first-order valence-electron chi connectivity index (χ1n) is 11.4. The summed E-state index contributed by atoms with van der Waals surface area (Å²) in [5.74, 6) is -0.697. The Balaban J connectivity index is 1.29. The molecule has 2 saturated carbocycles. The maximum atomic E-state index is 14.9. The number of nitrogens with one attached hydrogen (secondary N) is 1. The van der Waals surface area contributed by atoms with Crippen LogP contribution in [-0.4, -0.2) is 43.4 Å². The van der Waals surface area contributed by atoms with E-state index in [1.165, 1.54) is 25.3 Å². The third-order valence-electron chi connectivity index (χ3n) is 6.89. The molecule has 4 rings (SSSR count). The Morgan fingerprint density at radius 3 is 2.58 bits per heavy atom. The molecule has 1 aliphatic heterocycles. The van der Waals surface area contributed by atoms with E-state index in [1.54, 1.807) is 0 Å². The number of anilines is 1. The van der Waals surface area contributed by atoms with Crippen LogP contribution in [0.15, 0.2) is 12.1 Å². The van der Waals surface area contributed by atoms with E-state index in [0.717, 1.165) is 24.1 Å². The second kappa shape index (κ2) is 9.37. The lowest BCUT2D eigenvalue weighted by atomic mass is 9.80. The molecule has 0 spiro atoms. The van der Waals surface area contributed by atoms with Gasteiger partial charge in [-0.15, -0.1) is 0 Å². The van der Waals surface area contributed by atoms with Crippen molar-refractivity contribution in [2.45, 2.75) is 70.3 Å². The minimum absolute atomic E-state index is 0.0205. The number of Topliss-reactive ketones (excluding diaryl/α,β-unsaturated/α-hetero) is 2. The topological polar surface area (TPSA) is 75.7 Å². The number of carbonyl (C=O) groups is 3. The van der Waals surface area contributed by atoms with Crippen LogP contribution in [0.3, 0.4) is 0 Å². The van der Waals surface area contributed by atoms with Gasteiger partial charge >= 0.3 is 6.09 Å². The van der Waals surface area contributed by atoms with Crippen LogP contribution >= 0.6 is 0 Å². The molecule has 1 saturated heterocycles. The molecule has 1 unspecified atom stereocenters. The van der Waals surface area contributed by atoms with Crippen molar-refractivity contribution in [3.8, 4) is 0 Å². The number of hydrogen-bond acceptors (Lipinski definition) is 5. The van der Waals surface area contributed by atoms with Crippen molar-refractivity contribution in [2.24, 2.45) is 5.92 Å². The van der Waals surface area contributed by atoms with Crippen LogP contribution in [0.1, 0.15) is 68.4 Å². The summed E-state index contributed by atoms with van der Waals surface area (Å²) in [7, 11) is 0. The number of benzene rings is 1. The van der Waals surface area contributed by atoms with Gasteiger partial charge in [0.15, 0.2) is 0 Å². The molecule has 31 heavy (non-hydrogen) atoms. The third-order valence-corrected chi connectivity index (χ3v) is 6.89. The van der Waals surface area contributed by atoms with E-state index >= 15 is 0 Å². The lowest BCUT2D eigenvalue weighted by Gasteiger charge is -2.41. The Labute approximate surface area is 182 Å². The highest BCUT2D eigenvalue weighted by Crippen LogP contribution is 2.35. The summed E-state index contributed by atoms with van der Waals surface area (Å²) >= 11 is 0. The summed E-state index contributed by atoms with van der Waals surface area (Å²) in [6.07, 6.45) is 6.21. The first-order valence-corrected chi connectivity index (χ1v) is 11.4. The molecule has 3 aliphatic rings. The molecule has 0 bridgehead atoms. The molecule has 6 nitrogen and oxygen atoms in total. The average molecular weight is 431 g/mol. The van der Waals surface area contributed by atoms with Crippen LogP contribution in [0.25, 0.3) is 0 Å². The summed E-state index contributed by atoms with van der Waals surface area (Å²) in [6, 6.07) is 3.33. The van der Waals surface area contributed by atoms with Gasteiger partial charge in [0.2, 0.25) is 0 Å². The minimum atomic E-state index is -0.531. The summed E-state index contributed by atoms with van der Waals surface area (Å²) in [5.41, 5.74) is 1.89. The number of aryl methyl sites for hydroxylation is 1. The molecule has 0 aromatic heterocycles. The number of halogens is 1. The number of carbonyl (C=O) groups excluding carboxylic acids is 3. The Bertz CT molecular complexity index is 836. The molecule has 1 aromatic carbocycles. The van der Waals surface area contributed by atoms with E-state index in [4.69, 9.17) is 4.74 Å². The maximum absolute atomic E-state index is 14.9. The number of ketones is 2. The molecule has 1 N–H and O–H groups in total. The molecule has 1 heterocycles. The lowest BCUT2D eigenvalue weighted by Crippen LogP contribution is -2.59. The number of rotatable bonds is 5. The minimum Gasteiger partial charge on any atom is -0.449 e. The highest BCUT2D eigenvalue weighted by atomic mass is 19.1. The van der Waals surface area contributed by atoms with Crippen molar-refractivity contribution in [3.63, 3.8) is 0 Å². The fraction of sp³-hybridized carbons (Fsp3) is 0.625. The first-order chi connectivity index (χ1) is 14.9. The predicted molar refractivity (Wildman–Crippen MR) is 115 cm³/mol. The van der Waals surface area contributed by atoms with Gasteiger partial charge in [-0.1, -0.05) is 19.3 Å². The molecule has 0 radical (unpaired) electrons. The number of amides is 1. The van der Waals surface area contributed by atoms with E-state index in [-0.39, 0.29) is 30.1 Å². The summed E-state index contributed by atoms with van der Waals surface area (Å²) in [6.45, 7) is 3.48. The largest absolute Gasteiger partial charge is 0.449 e. The van der Waals surface area contributed by atoms with Crippen molar-refractivity contribution in [1.82, 2.24) is 5.32 Å². The smallest absolute Gasteiger partial charge is 0.407 e. The zero-order chi connectivity index (χ0) is 22.0. The highest BCUT2D eigenvalue weighted by Gasteiger charge is 2.33. The fourth-order valence-electron chi connectivity index (χ4n) is 5.07. The van der Waals surface area contributed by atoms with Crippen molar-refractivity contribution in [2.75, 3.05) is 24.6 Å².